The molecule has 0 amide bonds. The topological polar surface area (TPSA) is 20.2 Å². The molecule has 1 atom stereocenters. The summed E-state index contributed by atoms with van der Waals surface area (Å²) in [6.07, 6.45) is -0.621. The largest absolute Gasteiger partial charge is 0.384 e. The van der Waals surface area contributed by atoms with Gasteiger partial charge in [0.25, 0.3) is 0 Å². The molecule has 0 unspecified atom stereocenters. The van der Waals surface area contributed by atoms with Crippen LogP contribution in [0.5, 0.6) is 0 Å². The van der Waals surface area contributed by atoms with Crippen LogP contribution >= 0.6 is 38.9 Å². The van der Waals surface area contributed by atoms with Crippen molar-refractivity contribution in [2.24, 2.45) is 0 Å². The van der Waals surface area contributed by atoms with Crippen molar-refractivity contribution in [3.63, 3.8) is 0 Å². The lowest BCUT2D eigenvalue weighted by molar-refractivity contribution is 0.220. The number of aliphatic hydroxyl groups is 1. The Morgan fingerprint density at radius 3 is 2.73 bits per heavy atom. The quantitative estimate of drug-likeness (QED) is 0.879. The third-order valence-electron chi connectivity index (χ3n) is 2.10. The van der Waals surface area contributed by atoms with E-state index in [2.05, 4.69) is 15.9 Å². The molecule has 0 saturated carbocycles. The molecule has 0 aliphatic heterocycles. The fourth-order valence-electron chi connectivity index (χ4n) is 1.34. The van der Waals surface area contributed by atoms with Gasteiger partial charge in [-0.05, 0) is 39.0 Å². The summed E-state index contributed by atoms with van der Waals surface area (Å²) in [5.41, 5.74) is 1.68. The van der Waals surface area contributed by atoms with Crippen molar-refractivity contribution in [2.75, 3.05) is 0 Å². The summed E-state index contributed by atoms with van der Waals surface area (Å²) in [5, 5.41) is 14.6. The molecule has 15 heavy (non-hydrogen) atoms. The SMILES string of the molecule is O[C@H](c1cccc(Cl)c1)c1cscc1Br. The Labute approximate surface area is 105 Å². The highest BCUT2D eigenvalue weighted by Gasteiger charge is 2.14. The van der Waals surface area contributed by atoms with E-state index in [9.17, 15) is 5.11 Å². The number of aliphatic hydroxyl groups excluding tert-OH is 1. The Hall–Kier alpha value is -0.350. The van der Waals surface area contributed by atoms with Gasteiger partial charge in [0, 0.05) is 20.4 Å². The van der Waals surface area contributed by atoms with E-state index < -0.39 is 6.10 Å². The summed E-state index contributed by atoms with van der Waals surface area (Å²) in [6.45, 7) is 0. The first kappa shape index (κ1) is 11.1. The summed E-state index contributed by atoms with van der Waals surface area (Å²) < 4.78 is 0.931. The second-order valence-corrected chi connectivity index (χ2v) is 5.17. The van der Waals surface area contributed by atoms with Gasteiger partial charge in [-0.15, -0.1) is 0 Å². The Kier molecular flexibility index (Phi) is 3.46. The molecule has 0 spiro atoms. The first-order valence-electron chi connectivity index (χ1n) is 4.33. The monoisotopic (exact) mass is 302 g/mol. The van der Waals surface area contributed by atoms with Gasteiger partial charge in [-0.3, -0.25) is 0 Å². The lowest BCUT2D eigenvalue weighted by Crippen LogP contribution is -1.98. The Morgan fingerprint density at radius 2 is 2.13 bits per heavy atom. The van der Waals surface area contributed by atoms with E-state index in [1.807, 2.05) is 22.9 Å². The average molecular weight is 304 g/mol. The van der Waals surface area contributed by atoms with Crippen molar-refractivity contribution in [1.29, 1.82) is 0 Å². The van der Waals surface area contributed by atoms with E-state index in [0.717, 1.165) is 15.6 Å². The van der Waals surface area contributed by atoms with Crippen molar-refractivity contribution >= 4 is 38.9 Å². The lowest BCUT2D eigenvalue weighted by Gasteiger charge is -2.10. The van der Waals surface area contributed by atoms with Gasteiger partial charge in [0.05, 0.1) is 0 Å². The molecule has 0 aliphatic rings. The van der Waals surface area contributed by atoms with Crippen LogP contribution in [0.3, 0.4) is 0 Å². The molecule has 0 radical (unpaired) electrons. The van der Waals surface area contributed by atoms with Crippen molar-refractivity contribution in [3.05, 3.63) is 55.6 Å². The van der Waals surface area contributed by atoms with Gasteiger partial charge in [0.2, 0.25) is 0 Å². The van der Waals surface area contributed by atoms with Gasteiger partial charge < -0.3 is 5.11 Å². The fourth-order valence-corrected chi connectivity index (χ4v) is 3.07. The molecular formula is C11H8BrClOS. The number of hydrogen-bond donors (Lipinski definition) is 1. The zero-order valence-electron chi connectivity index (χ0n) is 7.65. The van der Waals surface area contributed by atoms with Crippen LogP contribution in [0.4, 0.5) is 0 Å². The maximum atomic E-state index is 10.1. The highest BCUT2D eigenvalue weighted by atomic mass is 79.9. The molecule has 1 nitrogen and oxygen atoms in total. The molecule has 0 bridgehead atoms. The van der Waals surface area contributed by atoms with Gasteiger partial charge in [0.1, 0.15) is 6.10 Å². The first-order chi connectivity index (χ1) is 7.18. The van der Waals surface area contributed by atoms with Crippen molar-refractivity contribution in [3.8, 4) is 0 Å². The summed E-state index contributed by atoms with van der Waals surface area (Å²) in [7, 11) is 0. The number of rotatable bonds is 2. The van der Waals surface area contributed by atoms with Crippen LogP contribution < -0.4 is 0 Å². The molecular weight excluding hydrogens is 296 g/mol. The van der Waals surface area contributed by atoms with Gasteiger partial charge in [-0.2, -0.15) is 11.3 Å². The molecule has 78 valence electrons. The van der Waals surface area contributed by atoms with E-state index in [1.165, 1.54) is 0 Å². The predicted octanol–water partition coefficient (Wildman–Crippen LogP) is 4.25. The summed E-state index contributed by atoms with van der Waals surface area (Å²) in [4.78, 5) is 0. The second kappa shape index (κ2) is 4.66. The molecule has 4 heteroatoms. The number of hydrogen-bond acceptors (Lipinski definition) is 2. The highest BCUT2D eigenvalue weighted by Crippen LogP contribution is 2.32. The standard InChI is InChI=1S/C11H8BrClOS/c12-10-6-15-5-9(10)11(14)7-2-1-3-8(13)4-7/h1-6,11,14H/t11-/m1/s1. The van der Waals surface area contributed by atoms with Crippen molar-refractivity contribution < 1.29 is 5.11 Å². The zero-order valence-corrected chi connectivity index (χ0v) is 10.8. The van der Waals surface area contributed by atoms with Crippen molar-refractivity contribution in [2.45, 2.75) is 6.10 Å². The predicted molar refractivity (Wildman–Crippen MR) is 67.5 cm³/mol. The van der Waals surface area contributed by atoms with Crippen LogP contribution in [0.15, 0.2) is 39.5 Å². The Balaban J connectivity index is 2.36. The van der Waals surface area contributed by atoms with E-state index in [0.29, 0.717) is 5.02 Å². The first-order valence-corrected chi connectivity index (χ1v) is 6.45. The van der Waals surface area contributed by atoms with Crippen LogP contribution in [0.2, 0.25) is 5.02 Å². The zero-order chi connectivity index (χ0) is 10.8. The maximum Gasteiger partial charge on any atom is 0.106 e. The molecule has 2 aromatic rings. The van der Waals surface area contributed by atoms with Crippen LogP contribution in [0.25, 0.3) is 0 Å². The maximum absolute atomic E-state index is 10.1. The third-order valence-corrected chi connectivity index (χ3v) is 4.09. The van der Waals surface area contributed by atoms with Gasteiger partial charge in [-0.25, -0.2) is 0 Å². The van der Waals surface area contributed by atoms with Crippen LogP contribution in [0, 0.1) is 0 Å². The minimum Gasteiger partial charge on any atom is -0.384 e. The van der Waals surface area contributed by atoms with Gasteiger partial charge in [0.15, 0.2) is 0 Å². The number of halogens is 2. The third kappa shape index (κ3) is 2.42. The van der Waals surface area contributed by atoms with E-state index in [-0.39, 0.29) is 0 Å². The second-order valence-electron chi connectivity index (χ2n) is 3.13. The molecule has 0 aliphatic carbocycles. The van der Waals surface area contributed by atoms with Gasteiger partial charge >= 0.3 is 0 Å². The average Bonchev–Trinajstić information content (AvgIpc) is 2.63. The summed E-state index contributed by atoms with van der Waals surface area (Å²) in [5.74, 6) is 0. The summed E-state index contributed by atoms with van der Waals surface area (Å²) >= 11 is 10.8. The molecule has 0 saturated heterocycles. The molecule has 2 rings (SSSR count). The minimum absolute atomic E-state index is 0.621. The highest BCUT2D eigenvalue weighted by molar-refractivity contribution is 9.10. The number of thiophene rings is 1. The lowest BCUT2D eigenvalue weighted by atomic mass is 10.0. The smallest absolute Gasteiger partial charge is 0.106 e. The van der Waals surface area contributed by atoms with Gasteiger partial charge in [-0.1, -0.05) is 23.7 Å². The molecule has 1 N–H and O–H groups in total. The summed E-state index contributed by atoms with van der Waals surface area (Å²) in [6, 6.07) is 7.26. The van der Waals surface area contributed by atoms with E-state index in [4.69, 9.17) is 11.6 Å². The van der Waals surface area contributed by atoms with E-state index >= 15 is 0 Å². The molecule has 1 aromatic carbocycles. The van der Waals surface area contributed by atoms with Crippen LogP contribution in [-0.4, -0.2) is 5.11 Å². The van der Waals surface area contributed by atoms with Crippen LogP contribution in [-0.2, 0) is 0 Å². The molecule has 1 heterocycles. The van der Waals surface area contributed by atoms with Crippen LogP contribution in [0.1, 0.15) is 17.2 Å². The Bertz CT molecular complexity index is 469. The molecule has 0 fully saturated rings. The normalized spacial score (nSPS) is 12.7. The van der Waals surface area contributed by atoms with E-state index in [1.54, 1.807) is 23.5 Å². The fraction of sp³-hybridized carbons (Fsp3) is 0.0909. The minimum atomic E-state index is -0.621. The van der Waals surface area contributed by atoms with Crippen molar-refractivity contribution in [1.82, 2.24) is 0 Å². The Morgan fingerprint density at radius 1 is 1.33 bits per heavy atom. The number of benzene rings is 1. The molecule has 1 aromatic heterocycles.